The van der Waals surface area contributed by atoms with E-state index >= 15 is 0 Å². The number of hydrogen-bond acceptors (Lipinski definition) is 4. The van der Waals surface area contributed by atoms with Gasteiger partial charge in [-0.05, 0) is 36.9 Å². The van der Waals surface area contributed by atoms with Crippen molar-refractivity contribution in [1.82, 2.24) is 4.90 Å². The summed E-state index contributed by atoms with van der Waals surface area (Å²) in [5.41, 5.74) is 3.11. The molecule has 2 atom stereocenters. The molecule has 0 aliphatic carbocycles. The van der Waals surface area contributed by atoms with E-state index in [1.165, 1.54) is 0 Å². The fraction of sp³-hybridized carbons (Fsp3) is 0.300. The zero-order valence-electron chi connectivity index (χ0n) is 21.8. The van der Waals surface area contributed by atoms with Crippen LogP contribution in [0, 0.1) is 0 Å². The molecule has 0 bridgehead atoms. The molecule has 0 spiro atoms. The van der Waals surface area contributed by atoms with Gasteiger partial charge in [0.1, 0.15) is 6.02 Å². The molecule has 1 aliphatic rings. The van der Waals surface area contributed by atoms with Crippen LogP contribution >= 0.6 is 0 Å². The molecule has 3 aromatic rings. The summed E-state index contributed by atoms with van der Waals surface area (Å²) in [4.78, 5) is 32.1. The van der Waals surface area contributed by atoms with Gasteiger partial charge >= 0.3 is 5.97 Å². The van der Waals surface area contributed by atoms with Crippen molar-refractivity contribution in [3.05, 3.63) is 107 Å². The summed E-state index contributed by atoms with van der Waals surface area (Å²) >= 11 is 0. The van der Waals surface area contributed by atoms with E-state index in [2.05, 4.69) is 27.3 Å². The molecule has 0 radical (unpaired) electrons. The Kier molecular flexibility index (Phi) is 10.0. The van der Waals surface area contributed by atoms with Gasteiger partial charge in [0.25, 0.3) is 0 Å². The largest absolute Gasteiger partial charge is 0.625 e. The van der Waals surface area contributed by atoms with Gasteiger partial charge in [-0.2, -0.15) is 0 Å². The van der Waals surface area contributed by atoms with E-state index in [0.29, 0.717) is 35.5 Å². The number of benzene rings is 3. The van der Waals surface area contributed by atoms with Crippen molar-refractivity contribution < 1.29 is 32.6 Å². The van der Waals surface area contributed by atoms with Gasteiger partial charge in [-0.1, -0.05) is 98.3 Å². The topological polar surface area (TPSA) is 84.1 Å². The van der Waals surface area contributed by atoms with Crippen LogP contribution in [0.15, 0.2) is 89.9 Å². The standard InChI is InChI=1S/C30H33N3O3.Ni/c1-2-12-26(30(35)36)31-28(23-15-7-4-8-16-23)24-17-9-10-18-25(24)32-29(34)27-19-11-20-33(27)21-22-13-5-3-6-14-22;/h3-10,13-18,26-27H,2,11-12,19-21H2,1H3,(H2,31,32,34,35,36);/p-1/t26-,27-;/m0./s1/i26D;. The Balaban J connectivity index is 0.00000400. The van der Waals surface area contributed by atoms with Gasteiger partial charge < -0.3 is 15.2 Å². The van der Waals surface area contributed by atoms with E-state index in [4.69, 9.17) is 1.37 Å². The molecule has 1 aliphatic heterocycles. The van der Waals surface area contributed by atoms with E-state index in [1.54, 1.807) is 24.3 Å². The van der Waals surface area contributed by atoms with Gasteiger partial charge in [-0.3, -0.25) is 9.89 Å². The van der Waals surface area contributed by atoms with Crippen LogP contribution in [0.5, 0.6) is 0 Å². The number of nitrogens with zero attached hydrogens (tertiary/aromatic N) is 3. The molecule has 196 valence electrons. The van der Waals surface area contributed by atoms with Gasteiger partial charge in [0, 0.05) is 28.6 Å². The average Bonchev–Trinajstić information content (AvgIpc) is 3.37. The van der Waals surface area contributed by atoms with Crippen LogP contribution in [-0.2, 0) is 32.6 Å². The Morgan fingerprint density at radius 2 is 1.70 bits per heavy atom. The SMILES string of the molecule is [2H][C@@](CCC)(N=C(c1ccccc1)c1ccccc1[N-]C(=O)[C@@H]1CCCN1Cc1ccccc1)C(=O)O.[Ni]. The smallest absolute Gasteiger partial charge is 0.328 e. The Morgan fingerprint density at radius 3 is 2.38 bits per heavy atom. The van der Waals surface area contributed by atoms with Crippen LogP contribution < -0.4 is 0 Å². The number of carbonyl (C=O) groups is 2. The number of carboxylic acid groups (broad SMARTS) is 1. The second kappa shape index (κ2) is 13.9. The molecule has 7 heteroatoms. The number of aliphatic imine (C=N–C) groups is 1. The first-order chi connectivity index (χ1) is 17.9. The molecular formula is C30H32N3NiO3-. The zero-order valence-corrected chi connectivity index (χ0v) is 21.8. The minimum atomic E-state index is -2.05. The van der Waals surface area contributed by atoms with E-state index in [-0.39, 0.29) is 34.9 Å². The van der Waals surface area contributed by atoms with Crippen LogP contribution in [0.2, 0.25) is 0 Å². The summed E-state index contributed by atoms with van der Waals surface area (Å²) in [6.07, 6.45) is 2.22. The second-order valence-electron chi connectivity index (χ2n) is 8.91. The predicted octanol–water partition coefficient (Wildman–Crippen LogP) is 5.97. The number of amides is 1. The molecule has 0 saturated carbocycles. The number of carbonyl (C=O) groups excluding carboxylic acids is 1. The third-order valence-electron chi connectivity index (χ3n) is 6.29. The number of aliphatic carboxylic acids is 1. The third kappa shape index (κ3) is 7.37. The van der Waals surface area contributed by atoms with Gasteiger partial charge in [0.15, 0.2) is 0 Å². The first kappa shape index (κ1) is 26.8. The molecule has 1 amide bonds. The molecule has 1 N–H and O–H groups in total. The molecule has 1 fully saturated rings. The number of para-hydroxylation sites is 1. The molecule has 0 unspecified atom stereocenters. The maximum absolute atomic E-state index is 13.4. The monoisotopic (exact) mass is 541 g/mol. The molecule has 0 aromatic heterocycles. The summed E-state index contributed by atoms with van der Waals surface area (Å²) in [7, 11) is 0. The van der Waals surface area contributed by atoms with Gasteiger partial charge in [-0.25, -0.2) is 4.79 Å². The normalized spacial score (nSPS) is 17.8. The van der Waals surface area contributed by atoms with E-state index in [0.717, 1.165) is 24.9 Å². The summed E-state index contributed by atoms with van der Waals surface area (Å²) in [5, 5.41) is 14.4. The average molecular weight is 542 g/mol. The summed E-state index contributed by atoms with van der Waals surface area (Å²) in [6, 6.07) is 24.0. The van der Waals surface area contributed by atoms with E-state index < -0.39 is 12.0 Å². The van der Waals surface area contributed by atoms with Crippen molar-refractivity contribution in [3.63, 3.8) is 0 Å². The molecule has 1 saturated heterocycles. The van der Waals surface area contributed by atoms with Crippen molar-refractivity contribution in [2.75, 3.05) is 6.54 Å². The van der Waals surface area contributed by atoms with Crippen LogP contribution in [0.1, 0.15) is 50.7 Å². The van der Waals surface area contributed by atoms with Crippen molar-refractivity contribution >= 4 is 23.3 Å². The number of carboxylic acids is 1. The molecular weight excluding hydrogens is 509 g/mol. The summed E-state index contributed by atoms with van der Waals surface area (Å²) in [5.74, 6) is -1.53. The maximum atomic E-state index is 13.4. The van der Waals surface area contributed by atoms with Crippen LogP contribution in [0.3, 0.4) is 0 Å². The Hall–Kier alpha value is -3.28. The molecule has 1 heterocycles. The summed E-state index contributed by atoms with van der Waals surface area (Å²) in [6.45, 7) is 3.34. The van der Waals surface area contributed by atoms with Crippen LogP contribution in [0.4, 0.5) is 5.69 Å². The molecule has 6 nitrogen and oxygen atoms in total. The maximum Gasteiger partial charge on any atom is 0.328 e. The van der Waals surface area contributed by atoms with Crippen molar-refractivity contribution in [3.8, 4) is 0 Å². The van der Waals surface area contributed by atoms with Crippen molar-refractivity contribution in [2.45, 2.75) is 51.2 Å². The fourth-order valence-electron chi connectivity index (χ4n) is 4.54. The minimum Gasteiger partial charge on any atom is -0.625 e. The van der Waals surface area contributed by atoms with Crippen molar-refractivity contribution in [2.24, 2.45) is 4.99 Å². The van der Waals surface area contributed by atoms with E-state index in [1.807, 2.05) is 55.5 Å². The second-order valence-corrected chi connectivity index (χ2v) is 8.91. The van der Waals surface area contributed by atoms with Crippen molar-refractivity contribution in [1.29, 1.82) is 0 Å². The van der Waals surface area contributed by atoms with Gasteiger partial charge in [0.05, 0.1) is 19.0 Å². The number of likely N-dealkylation sites (tertiary alicyclic amines) is 1. The predicted molar refractivity (Wildman–Crippen MR) is 143 cm³/mol. The van der Waals surface area contributed by atoms with Crippen LogP contribution in [0.25, 0.3) is 5.32 Å². The number of hydrogen-bond donors (Lipinski definition) is 1. The quantitative estimate of drug-likeness (QED) is 0.253. The molecule has 4 rings (SSSR count). The van der Waals surface area contributed by atoms with E-state index in [9.17, 15) is 14.7 Å². The number of rotatable bonds is 10. The zero-order chi connectivity index (χ0) is 26.3. The Bertz CT molecular complexity index is 1260. The van der Waals surface area contributed by atoms with Gasteiger partial charge in [0.2, 0.25) is 0 Å². The first-order valence-corrected chi connectivity index (χ1v) is 12.4. The van der Waals surface area contributed by atoms with Crippen LogP contribution in [-0.4, -0.2) is 46.2 Å². The Labute approximate surface area is 230 Å². The summed E-state index contributed by atoms with van der Waals surface area (Å²) < 4.78 is 8.59. The molecule has 37 heavy (non-hydrogen) atoms. The first-order valence-electron chi connectivity index (χ1n) is 12.9. The molecule has 3 aromatic carbocycles. The minimum absolute atomic E-state index is 0. The fourth-order valence-corrected chi connectivity index (χ4v) is 4.54. The Morgan fingerprint density at radius 1 is 1.05 bits per heavy atom. The third-order valence-corrected chi connectivity index (χ3v) is 6.29. The van der Waals surface area contributed by atoms with Gasteiger partial charge in [-0.15, -0.1) is 5.69 Å².